The van der Waals surface area contributed by atoms with E-state index in [4.69, 9.17) is 10.5 Å². The van der Waals surface area contributed by atoms with Crippen molar-refractivity contribution in [3.63, 3.8) is 0 Å². The first-order valence-electron chi connectivity index (χ1n) is 3.88. The summed E-state index contributed by atoms with van der Waals surface area (Å²) in [6, 6.07) is 2.92. The third kappa shape index (κ3) is 4.67. The predicted molar refractivity (Wildman–Crippen MR) is 46.4 cm³/mol. The van der Waals surface area contributed by atoms with Gasteiger partial charge in [-0.25, -0.2) is 4.79 Å². The molecule has 0 aromatic heterocycles. The molecular weight excluding hydrogens is 186 g/mol. The standard InChI is InChI=1S/C7H9N5O2/c8-3-1-5-10-7(13)12(11-14)6-2-4-9/h1-2,5-6H2,(H,10,13). The van der Waals surface area contributed by atoms with Crippen molar-refractivity contribution in [3.05, 3.63) is 4.91 Å². The van der Waals surface area contributed by atoms with Gasteiger partial charge in [-0.2, -0.15) is 15.5 Å². The van der Waals surface area contributed by atoms with Gasteiger partial charge in [0.25, 0.3) is 0 Å². The number of amides is 2. The Balaban J connectivity index is 3.87. The summed E-state index contributed by atoms with van der Waals surface area (Å²) in [6.45, 7) is 0.117. The second kappa shape index (κ2) is 7.50. The molecule has 7 nitrogen and oxygen atoms in total. The lowest BCUT2D eigenvalue weighted by molar-refractivity contribution is 0.200. The topological polar surface area (TPSA) is 109 Å². The van der Waals surface area contributed by atoms with Crippen LogP contribution in [0.2, 0.25) is 0 Å². The molecule has 0 aromatic carbocycles. The van der Waals surface area contributed by atoms with Crippen LogP contribution in [0.1, 0.15) is 12.8 Å². The maximum absolute atomic E-state index is 11.1. The highest BCUT2D eigenvalue weighted by Crippen LogP contribution is 1.92. The lowest BCUT2D eigenvalue weighted by Gasteiger charge is -2.11. The van der Waals surface area contributed by atoms with Crippen molar-refractivity contribution in [2.24, 2.45) is 5.29 Å². The van der Waals surface area contributed by atoms with Gasteiger partial charge in [-0.3, -0.25) is 0 Å². The van der Waals surface area contributed by atoms with Crippen molar-refractivity contribution in [1.82, 2.24) is 10.3 Å². The van der Waals surface area contributed by atoms with Gasteiger partial charge in [-0.15, -0.1) is 4.91 Å². The Morgan fingerprint density at radius 2 is 2.00 bits per heavy atom. The number of nitriles is 2. The Morgan fingerprint density at radius 3 is 2.50 bits per heavy atom. The van der Waals surface area contributed by atoms with Crippen molar-refractivity contribution in [2.75, 3.05) is 13.1 Å². The average molecular weight is 195 g/mol. The van der Waals surface area contributed by atoms with Crippen molar-refractivity contribution >= 4 is 6.03 Å². The molecule has 0 rings (SSSR count). The fourth-order valence-electron chi connectivity index (χ4n) is 0.652. The van der Waals surface area contributed by atoms with Crippen LogP contribution in [0, 0.1) is 27.6 Å². The van der Waals surface area contributed by atoms with Crippen LogP contribution in [0.25, 0.3) is 0 Å². The second-order valence-electron chi connectivity index (χ2n) is 2.25. The van der Waals surface area contributed by atoms with E-state index in [1.165, 1.54) is 0 Å². The number of nitroso groups, excluding NO2 is 1. The largest absolute Gasteiger partial charge is 0.340 e. The molecule has 0 aliphatic carbocycles. The van der Waals surface area contributed by atoms with Crippen LogP contribution < -0.4 is 5.32 Å². The number of rotatable bonds is 5. The van der Waals surface area contributed by atoms with Gasteiger partial charge in [0.15, 0.2) is 0 Å². The third-order valence-electron chi connectivity index (χ3n) is 1.28. The lowest BCUT2D eigenvalue weighted by Crippen LogP contribution is -2.37. The molecule has 0 saturated carbocycles. The molecule has 0 aromatic rings. The van der Waals surface area contributed by atoms with Gasteiger partial charge >= 0.3 is 6.03 Å². The molecule has 7 heteroatoms. The van der Waals surface area contributed by atoms with E-state index in [1.807, 2.05) is 6.07 Å². The average Bonchev–Trinajstić information content (AvgIpc) is 2.19. The minimum absolute atomic E-state index is 0.0391. The summed E-state index contributed by atoms with van der Waals surface area (Å²) in [5.41, 5.74) is 0. The second-order valence-corrected chi connectivity index (χ2v) is 2.25. The molecule has 2 amide bonds. The van der Waals surface area contributed by atoms with Crippen LogP contribution in [-0.4, -0.2) is 24.1 Å². The highest BCUT2D eigenvalue weighted by molar-refractivity contribution is 5.73. The number of hydrogen-bond acceptors (Lipinski definition) is 5. The molecular formula is C7H9N5O2. The van der Waals surface area contributed by atoms with Crippen LogP contribution in [-0.2, 0) is 0 Å². The molecule has 0 unspecified atom stereocenters. The first-order valence-corrected chi connectivity index (χ1v) is 3.88. The summed E-state index contributed by atoms with van der Waals surface area (Å²) >= 11 is 0. The Labute approximate surface area is 80.9 Å². The maximum Gasteiger partial charge on any atom is 0.340 e. The number of nitrogens with one attached hydrogen (secondary N) is 1. The van der Waals surface area contributed by atoms with Crippen LogP contribution in [0.3, 0.4) is 0 Å². The van der Waals surface area contributed by atoms with Crippen molar-refractivity contribution in [1.29, 1.82) is 10.5 Å². The number of carbonyl (C=O) groups is 1. The summed E-state index contributed by atoms with van der Waals surface area (Å²) in [6.07, 6.45) is 0.202. The highest BCUT2D eigenvalue weighted by atomic mass is 16.3. The quantitative estimate of drug-likeness (QED) is 0.391. The van der Waals surface area contributed by atoms with E-state index in [1.54, 1.807) is 6.07 Å². The highest BCUT2D eigenvalue weighted by Gasteiger charge is 2.11. The van der Waals surface area contributed by atoms with Crippen LogP contribution in [0.15, 0.2) is 5.29 Å². The molecule has 0 spiro atoms. The number of nitrogens with zero attached hydrogens (tertiary/aromatic N) is 4. The van der Waals surface area contributed by atoms with Gasteiger partial charge in [0.1, 0.15) is 0 Å². The Hall–Kier alpha value is -2.15. The maximum atomic E-state index is 11.1. The fourth-order valence-corrected chi connectivity index (χ4v) is 0.652. The lowest BCUT2D eigenvalue weighted by atomic mass is 10.4. The van der Waals surface area contributed by atoms with Gasteiger partial charge in [-0.1, -0.05) is 0 Å². The molecule has 74 valence electrons. The Morgan fingerprint density at radius 1 is 1.36 bits per heavy atom. The minimum Gasteiger partial charge on any atom is -0.335 e. The first-order chi connectivity index (χ1) is 6.76. The molecule has 0 heterocycles. The van der Waals surface area contributed by atoms with E-state index >= 15 is 0 Å². The number of carbonyl (C=O) groups excluding carboxylic acids is 1. The van der Waals surface area contributed by atoms with Crippen LogP contribution in [0.5, 0.6) is 0 Å². The molecule has 0 fully saturated rings. The molecule has 14 heavy (non-hydrogen) atoms. The molecule has 0 atom stereocenters. The van der Waals surface area contributed by atoms with E-state index in [9.17, 15) is 9.70 Å². The smallest absolute Gasteiger partial charge is 0.335 e. The van der Waals surface area contributed by atoms with E-state index < -0.39 is 6.03 Å². The van der Waals surface area contributed by atoms with E-state index in [0.29, 0.717) is 5.01 Å². The molecule has 0 radical (unpaired) electrons. The van der Waals surface area contributed by atoms with Gasteiger partial charge < -0.3 is 5.32 Å². The molecule has 0 aliphatic heterocycles. The summed E-state index contributed by atoms with van der Waals surface area (Å²) in [4.78, 5) is 21.2. The van der Waals surface area contributed by atoms with Gasteiger partial charge in [0.2, 0.25) is 0 Å². The predicted octanol–water partition coefficient (Wildman–Crippen LogP) is 0.507. The SMILES string of the molecule is N#CCCNC(=O)N(CCC#N)N=O. The van der Waals surface area contributed by atoms with E-state index in [-0.39, 0.29) is 25.9 Å². The summed E-state index contributed by atoms with van der Waals surface area (Å²) in [5, 5.41) is 21.7. The zero-order valence-corrected chi connectivity index (χ0v) is 7.43. The van der Waals surface area contributed by atoms with Crippen LogP contribution >= 0.6 is 0 Å². The number of urea groups is 1. The van der Waals surface area contributed by atoms with Crippen molar-refractivity contribution in [3.8, 4) is 12.1 Å². The summed E-state index contributed by atoms with van der Waals surface area (Å²) in [7, 11) is 0. The van der Waals surface area contributed by atoms with Crippen molar-refractivity contribution in [2.45, 2.75) is 12.8 Å². The fraction of sp³-hybridized carbons (Fsp3) is 0.571. The molecule has 0 aliphatic rings. The summed E-state index contributed by atoms with van der Waals surface area (Å²) in [5.74, 6) is 0. The van der Waals surface area contributed by atoms with Gasteiger partial charge in [0.05, 0.1) is 36.8 Å². The van der Waals surface area contributed by atoms with Gasteiger partial charge in [-0.05, 0) is 0 Å². The number of hydrogen-bond donors (Lipinski definition) is 1. The minimum atomic E-state index is -0.689. The Kier molecular flexibility index (Phi) is 6.35. The first kappa shape index (κ1) is 11.8. The van der Waals surface area contributed by atoms with Crippen LogP contribution in [0.4, 0.5) is 4.79 Å². The molecule has 0 saturated heterocycles. The van der Waals surface area contributed by atoms with Gasteiger partial charge in [0, 0.05) is 6.54 Å². The molecule has 1 N–H and O–H groups in total. The zero-order valence-electron chi connectivity index (χ0n) is 7.43. The summed E-state index contributed by atoms with van der Waals surface area (Å²) < 4.78 is 0. The zero-order chi connectivity index (χ0) is 10.8. The third-order valence-corrected chi connectivity index (χ3v) is 1.28. The van der Waals surface area contributed by atoms with Crippen molar-refractivity contribution < 1.29 is 4.79 Å². The monoisotopic (exact) mass is 195 g/mol. The Bertz CT molecular complexity index is 277. The van der Waals surface area contributed by atoms with E-state index in [2.05, 4.69) is 10.6 Å². The normalized spacial score (nSPS) is 8.14. The van der Waals surface area contributed by atoms with E-state index in [0.717, 1.165) is 0 Å². The molecule has 0 bridgehead atoms.